The number of unbranched alkanes of at least 4 members (excludes halogenated alkanes) is 2. The highest BCUT2D eigenvalue weighted by Crippen LogP contribution is 2.34. The predicted octanol–water partition coefficient (Wildman–Crippen LogP) is 1.73. The Morgan fingerprint density at radius 2 is 1.76 bits per heavy atom. The first-order valence-electron chi connectivity index (χ1n) is 9.68. The maximum absolute atomic E-state index is 11.7. The fourth-order valence-electron chi connectivity index (χ4n) is 3.17. The Bertz CT molecular complexity index is 583. The van der Waals surface area contributed by atoms with Crippen LogP contribution in [-0.2, 0) is 33.4 Å². The van der Waals surface area contributed by atoms with Gasteiger partial charge in [0.25, 0.3) is 0 Å². The van der Waals surface area contributed by atoms with Gasteiger partial charge in [-0.05, 0) is 18.6 Å². The Morgan fingerprint density at radius 3 is 2.31 bits per heavy atom. The standard InChI is InChI=1S/C19H31NO8S/c1-11-17(20-12(2)21)19(29-9-7-5-6-8-16(24)25)28-15(10-26-13(3)22)18(11)27-14(4)23/h11,15,17-19H,5-10H2,1-4H3,(H,20,21)(H,24,25). The van der Waals surface area contributed by atoms with E-state index < -0.39 is 41.6 Å². The number of carboxylic acid groups (broad SMARTS) is 1. The minimum atomic E-state index is -0.808. The Morgan fingerprint density at radius 1 is 1.07 bits per heavy atom. The molecule has 5 atom stereocenters. The van der Waals surface area contributed by atoms with Crippen LogP contribution in [0.5, 0.6) is 0 Å². The number of carbonyl (C=O) groups is 4. The molecule has 1 fully saturated rings. The number of esters is 2. The van der Waals surface area contributed by atoms with Crippen LogP contribution >= 0.6 is 11.8 Å². The van der Waals surface area contributed by atoms with Gasteiger partial charge in [-0.1, -0.05) is 13.3 Å². The van der Waals surface area contributed by atoms with Gasteiger partial charge < -0.3 is 24.6 Å². The predicted molar refractivity (Wildman–Crippen MR) is 106 cm³/mol. The quantitative estimate of drug-likeness (QED) is 0.370. The van der Waals surface area contributed by atoms with Crippen molar-refractivity contribution in [3.05, 3.63) is 0 Å². The van der Waals surface area contributed by atoms with Gasteiger partial charge in [-0.25, -0.2) is 0 Å². The number of aliphatic carboxylic acids is 1. The van der Waals surface area contributed by atoms with Crippen LogP contribution in [0.4, 0.5) is 0 Å². The van der Waals surface area contributed by atoms with Crippen molar-refractivity contribution in [1.29, 1.82) is 0 Å². The van der Waals surface area contributed by atoms with Crippen molar-refractivity contribution in [3.63, 3.8) is 0 Å². The molecule has 1 saturated heterocycles. The maximum atomic E-state index is 11.7. The third-order valence-corrected chi connectivity index (χ3v) is 5.75. The lowest BCUT2D eigenvalue weighted by Crippen LogP contribution is -2.60. The van der Waals surface area contributed by atoms with Crippen molar-refractivity contribution < 1.29 is 38.5 Å². The minimum Gasteiger partial charge on any atom is -0.481 e. The number of carbonyl (C=O) groups excluding carboxylic acids is 3. The average molecular weight is 434 g/mol. The Hall–Kier alpha value is -1.81. The summed E-state index contributed by atoms with van der Waals surface area (Å²) in [6, 6.07) is -0.394. The number of thioether (sulfide) groups is 1. The SMILES string of the molecule is CC(=O)NC1C(SCCCCCC(=O)O)OC(COC(C)=O)C(OC(C)=O)C1C. The number of carboxylic acids is 1. The molecule has 2 N–H and O–H groups in total. The van der Waals surface area contributed by atoms with E-state index in [2.05, 4.69) is 5.32 Å². The summed E-state index contributed by atoms with van der Waals surface area (Å²) in [5.74, 6) is -1.53. The monoisotopic (exact) mass is 433 g/mol. The second kappa shape index (κ2) is 12.7. The Labute approximate surface area is 175 Å². The molecule has 166 valence electrons. The molecule has 0 aromatic rings. The third kappa shape index (κ3) is 9.49. The van der Waals surface area contributed by atoms with Gasteiger partial charge >= 0.3 is 17.9 Å². The molecule has 0 radical (unpaired) electrons. The van der Waals surface area contributed by atoms with E-state index in [9.17, 15) is 19.2 Å². The maximum Gasteiger partial charge on any atom is 0.303 e. The first-order chi connectivity index (χ1) is 13.6. The van der Waals surface area contributed by atoms with E-state index in [0.717, 1.165) is 12.8 Å². The Balaban J connectivity index is 2.80. The number of rotatable bonds is 11. The minimum absolute atomic E-state index is 0.0555. The molecule has 5 unspecified atom stereocenters. The second-order valence-electron chi connectivity index (χ2n) is 7.08. The first kappa shape index (κ1) is 25.2. The van der Waals surface area contributed by atoms with E-state index in [1.165, 1.54) is 32.5 Å². The number of hydrogen-bond acceptors (Lipinski definition) is 8. The van der Waals surface area contributed by atoms with E-state index in [0.29, 0.717) is 12.2 Å². The molecule has 1 heterocycles. The van der Waals surface area contributed by atoms with Gasteiger partial charge in [0.05, 0.1) is 6.04 Å². The molecule has 1 amide bonds. The molecule has 1 rings (SSSR count). The van der Waals surface area contributed by atoms with Crippen molar-refractivity contribution >= 4 is 35.6 Å². The molecule has 10 heteroatoms. The summed E-state index contributed by atoms with van der Waals surface area (Å²) in [5, 5.41) is 11.6. The van der Waals surface area contributed by atoms with E-state index in [4.69, 9.17) is 19.3 Å². The molecule has 0 spiro atoms. The largest absolute Gasteiger partial charge is 0.481 e. The molecule has 1 aliphatic heterocycles. The van der Waals surface area contributed by atoms with Gasteiger partial charge in [-0.15, -0.1) is 11.8 Å². The van der Waals surface area contributed by atoms with Crippen LogP contribution in [0.2, 0.25) is 0 Å². The zero-order chi connectivity index (χ0) is 22.0. The molecule has 29 heavy (non-hydrogen) atoms. The van der Waals surface area contributed by atoms with Crippen molar-refractivity contribution in [3.8, 4) is 0 Å². The van der Waals surface area contributed by atoms with Crippen LogP contribution < -0.4 is 5.32 Å². The zero-order valence-corrected chi connectivity index (χ0v) is 18.2. The average Bonchev–Trinajstić information content (AvgIpc) is 2.60. The van der Waals surface area contributed by atoms with Crippen LogP contribution in [0.15, 0.2) is 0 Å². The van der Waals surface area contributed by atoms with Crippen LogP contribution in [0, 0.1) is 5.92 Å². The van der Waals surface area contributed by atoms with Crippen LogP contribution in [0.25, 0.3) is 0 Å². The molecule has 0 bridgehead atoms. The van der Waals surface area contributed by atoms with Crippen molar-refractivity contribution in [1.82, 2.24) is 5.32 Å². The lowest BCUT2D eigenvalue weighted by Gasteiger charge is -2.44. The van der Waals surface area contributed by atoms with E-state index in [1.807, 2.05) is 6.92 Å². The third-order valence-electron chi connectivity index (χ3n) is 4.49. The normalized spacial score (nSPS) is 26.4. The van der Waals surface area contributed by atoms with Gasteiger partial charge in [-0.2, -0.15) is 0 Å². The van der Waals surface area contributed by atoms with Crippen LogP contribution in [0.3, 0.4) is 0 Å². The lowest BCUT2D eigenvalue weighted by atomic mass is 9.89. The summed E-state index contributed by atoms with van der Waals surface area (Å²) in [4.78, 5) is 45.0. The van der Waals surface area contributed by atoms with Crippen molar-refractivity contribution in [2.24, 2.45) is 5.92 Å². The van der Waals surface area contributed by atoms with E-state index >= 15 is 0 Å². The van der Waals surface area contributed by atoms with Gasteiger partial charge in [0, 0.05) is 33.1 Å². The van der Waals surface area contributed by atoms with E-state index in [-0.39, 0.29) is 24.9 Å². The molecule has 0 aromatic heterocycles. The zero-order valence-electron chi connectivity index (χ0n) is 17.3. The van der Waals surface area contributed by atoms with Gasteiger partial charge in [0.2, 0.25) is 5.91 Å². The molecule has 0 saturated carbocycles. The number of hydrogen-bond donors (Lipinski definition) is 2. The molecule has 1 aliphatic rings. The topological polar surface area (TPSA) is 128 Å². The summed E-state index contributed by atoms with van der Waals surface area (Å²) in [6.45, 7) is 5.79. The fourth-order valence-corrected chi connectivity index (χ4v) is 4.51. The summed E-state index contributed by atoms with van der Waals surface area (Å²) in [6.07, 6.45) is 1.02. The summed E-state index contributed by atoms with van der Waals surface area (Å²) in [7, 11) is 0. The number of nitrogens with one attached hydrogen (secondary N) is 1. The van der Waals surface area contributed by atoms with Crippen molar-refractivity contribution in [2.45, 2.75) is 77.1 Å². The number of ether oxygens (including phenoxy) is 3. The molecule has 0 aromatic carbocycles. The van der Waals surface area contributed by atoms with E-state index in [1.54, 1.807) is 0 Å². The van der Waals surface area contributed by atoms with Gasteiger partial charge in [0.15, 0.2) is 0 Å². The summed E-state index contributed by atoms with van der Waals surface area (Å²) >= 11 is 1.50. The summed E-state index contributed by atoms with van der Waals surface area (Å²) < 4.78 is 16.6. The first-order valence-corrected chi connectivity index (χ1v) is 10.7. The second-order valence-corrected chi connectivity index (χ2v) is 8.29. The Kier molecular flexibility index (Phi) is 11.0. The van der Waals surface area contributed by atoms with Crippen LogP contribution in [0.1, 0.15) is 53.4 Å². The van der Waals surface area contributed by atoms with Crippen molar-refractivity contribution in [2.75, 3.05) is 12.4 Å². The molecular weight excluding hydrogens is 402 g/mol. The van der Waals surface area contributed by atoms with Crippen LogP contribution in [-0.4, -0.2) is 65.0 Å². The molecule has 9 nitrogen and oxygen atoms in total. The number of amides is 1. The fraction of sp³-hybridized carbons (Fsp3) is 0.789. The molecular formula is C19H31NO8S. The van der Waals surface area contributed by atoms with Gasteiger partial charge in [-0.3, -0.25) is 19.2 Å². The highest BCUT2D eigenvalue weighted by molar-refractivity contribution is 7.99. The van der Waals surface area contributed by atoms with Gasteiger partial charge in [0.1, 0.15) is 24.3 Å². The molecule has 0 aliphatic carbocycles. The lowest BCUT2D eigenvalue weighted by molar-refractivity contribution is -0.187. The smallest absolute Gasteiger partial charge is 0.303 e. The highest BCUT2D eigenvalue weighted by atomic mass is 32.2. The summed E-state index contributed by atoms with van der Waals surface area (Å²) in [5.41, 5.74) is -0.416. The highest BCUT2D eigenvalue weighted by Gasteiger charge is 2.46.